The molecule has 6 heteroatoms. The fourth-order valence-electron chi connectivity index (χ4n) is 2.36. The van der Waals surface area contributed by atoms with Crippen molar-refractivity contribution in [2.45, 2.75) is 31.8 Å². The minimum Gasteiger partial charge on any atom is -0.336 e. The summed E-state index contributed by atoms with van der Waals surface area (Å²) in [5.74, 6) is -4.99. The molecule has 1 aliphatic rings. The smallest absolute Gasteiger partial charge is 0.257 e. The highest BCUT2D eigenvalue weighted by molar-refractivity contribution is 5.94. The number of halogens is 3. The maximum Gasteiger partial charge on any atom is 0.257 e. The van der Waals surface area contributed by atoms with Crippen LogP contribution in [0.2, 0.25) is 0 Å². The van der Waals surface area contributed by atoms with Crippen LogP contribution in [0, 0.1) is 17.5 Å². The third-order valence-corrected chi connectivity index (χ3v) is 3.44. The Hall–Kier alpha value is -1.56. The first-order chi connectivity index (χ1) is 8.91. The lowest BCUT2D eigenvalue weighted by Gasteiger charge is -2.36. The molecule has 104 valence electrons. The number of carbonyl (C=O) groups is 1. The van der Waals surface area contributed by atoms with Gasteiger partial charge >= 0.3 is 0 Å². The second-order valence-corrected chi connectivity index (χ2v) is 4.85. The summed E-state index contributed by atoms with van der Waals surface area (Å²) >= 11 is 0. The van der Waals surface area contributed by atoms with Crippen molar-refractivity contribution in [3.8, 4) is 0 Å². The molecule has 0 aliphatic carbocycles. The molecule has 2 rings (SSSR count). The molecule has 1 aromatic rings. The van der Waals surface area contributed by atoms with Crippen LogP contribution < -0.4 is 5.73 Å². The van der Waals surface area contributed by atoms with Gasteiger partial charge in [-0.3, -0.25) is 4.79 Å². The van der Waals surface area contributed by atoms with Gasteiger partial charge in [0, 0.05) is 18.6 Å². The van der Waals surface area contributed by atoms with E-state index in [1.165, 1.54) is 4.90 Å². The van der Waals surface area contributed by atoms with Gasteiger partial charge in [0.1, 0.15) is 0 Å². The van der Waals surface area contributed by atoms with Crippen LogP contribution in [0.15, 0.2) is 12.1 Å². The van der Waals surface area contributed by atoms with Crippen molar-refractivity contribution in [2.24, 2.45) is 5.73 Å². The summed E-state index contributed by atoms with van der Waals surface area (Å²) in [4.78, 5) is 13.6. The highest BCUT2D eigenvalue weighted by Gasteiger charge is 2.30. The summed E-state index contributed by atoms with van der Waals surface area (Å²) in [7, 11) is 0. The lowest BCUT2D eigenvalue weighted by Crippen LogP contribution is -2.48. The Balaban J connectivity index is 2.27. The highest BCUT2D eigenvalue weighted by atomic mass is 19.2. The Bertz CT molecular complexity index is 507. The molecule has 1 fully saturated rings. The zero-order chi connectivity index (χ0) is 14.2. The quantitative estimate of drug-likeness (QED) is 0.795. The number of rotatable bonds is 1. The van der Waals surface area contributed by atoms with Crippen molar-refractivity contribution in [2.75, 3.05) is 6.54 Å². The van der Waals surface area contributed by atoms with Crippen LogP contribution in [0.3, 0.4) is 0 Å². The average molecular weight is 272 g/mol. The Labute approximate surface area is 109 Å². The zero-order valence-corrected chi connectivity index (χ0v) is 10.5. The van der Waals surface area contributed by atoms with Crippen LogP contribution in [0.5, 0.6) is 0 Å². The molecule has 1 amide bonds. The fraction of sp³-hybridized carbons (Fsp3) is 0.462. The number of benzene rings is 1. The molecule has 2 atom stereocenters. The highest BCUT2D eigenvalue weighted by Crippen LogP contribution is 2.22. The SMILES string of the molecule is CC1CC(N)CCN1C(=O)c1ccc(F)c(F)c1F. The largest absolute Gasteiger partial charge is 0.336 e. The van der Waals surface area contributed by atoms with E-state index in [4.69, 9.17) is 5.73 Å². The van der Waals surface area contributed by atoms with Gasteiger partial charge in [-0.05, 0) is 31.9 Å². The minimum absolute atomic E-state index is 0.00820. The van der Waals surface area contributed by atoms with Gasteiger partial charge in [-0.15, -0.1) is 0 Å². The first-order valence-corrected chi connectivity index (χ1v) is 6.12. The van der Waals surface area contributed by atoms with Gasteiger partial charge in [-0.25, -0.2) is 13.2 Å². The zero-order valence-electron chi connectivity index (χ0n) is 10.5. The summed E-state index contributed by atoms with van der Waals surface area (Å²) < 4.78 is 39.6. The van der Waals surface area contributed by atoms with Gasteiger partial charge in [-0.2, -0.15) is 0 Å². The van der Waals surface area contributed by atoms with Crippen molar-refractivity contribution in [3.63, 3.8) is 0 Å². The molecule has 1 aromatic carbocycles. The van der Waals surface area contributed by atoms with Crippen LogP contribution >= 0.6 is 0 Å². The summed E-state index contributed by atoms with van der Waals surface area (Å²) in [6, 6.07) is 1.58. The van der Waals surface area contributed by atoms with E-state index < -0.39 is 28.9 Å². The summed E-state index contributed by atoms with van der Waals surface area (Å²) in [6.45, 7) is 2.19. The van der Waals surface area contributed by atoms with Crippen molar-refractivity contribution in [3.05, 3.63) is 35.1 Å². The van der Waals surface area contributed by atoms with Crippen molar-refractivity contribution in [1.82, 2.24) is 4.90 Å². The number of hydrogen-bond donors (Lipinski definition) is 1. The summed E-state index contributed by atoms with van der Waals surface area (Å²) in [5.41, 5.74) is 5.34. The first kappa shape index (κ1) is 13.9. The fourth-order valence-corrected chi connectivity index (χ4v) is 2.36. The minimum atomic E-state index is -1.62. The standard InChI is InChI=1S/C13H15F3N2O/c1-7-6-8(17)4-5-18(7)13(19)9-2-3-10(14)12(16)11(9)15/h2-3,7-8H,4-6,17H2,1H3. The van der Waals surface area contributed by atoms with Crippen molar-refractivity contribution >= 4 is 5.91 Å². The van der Waals surface area contributed by atoms with Gasteiger partial charge in [-0.1, -0.05) is 0 Å². The molecule has 0 radical (unpaired) electrons. The number of amides is 1. The number of nitrogens with two attached hydrogens (primary N) is 1. The van der Waals surface area contributed by atoms with E-state index in [0.717, 1.165) is 12.1 Å². The van der Waals surface area contributed by atoms with Crippen molar-refractivity contribution < 1.29 is 18.0 Å². The molecule has 2 unspecified atom stereocenters. The molecule has 2 N–H and O–H groups in total. The lowest BCUT2D eigenvalue weighted by atomic mass is 9.98. The van der Waals surface area contributed by atoms with Gasteiger partial charge in [0.2, 0.25) is 0 Å². The summed E-state index contributed by atoms with van der Waals surface area (Å²) in [6.07, 6.45) is 1.22. The number of likely N-dealkylation sites (tertiary alicyclic amines) is 1. The Morgan fingerprint density at radius 2 is 2.00 bits per heavy atom. The maximum absolute atomic E-state index is 13.6. The Kier molecular flexibility index (Phi) is 3.80. The Morgan fingerprint density at radius 1 is 1.32 bits per heavy atom. The monoisotopic (exact) mass is 272 g/mol. The molecule has 19 heavy (non-hydrogen) atoms. The van der Waals surface area contributed by atoms with E-state index in [9.17, 15) is 18.0 Å². The van der Waals surface area contributed by atoms with Gasteiger partial charge in [0.05, 0.1) is 5.56 Å². The maximum atomic E-state index is 13.6. The molecule has 1 aliphatic heterocycles. The number of piperidine rings is 1. The topological polar surface area (TPSA) is 46.3 Å². The van der Waals surface area contributed by atoms with Gasteiger partial charge in [0.15, 0.2) is 17.5 Å². The van der Waals surface area contributed by atoms with Crippen LogP contribution in [0.4, 0.5) is 13.2 Å². The molecule has 0 aromatic heterocycles. The number of carbonyl (C=O) groups excluding carboxylic acids is 1. The lowest BCUT2D eigenvalue weighted by molar-refractivity contribution is 0.0613. The third kappa shape index (κ3) is 2.58. The number of hydrogen-bond acceptors (Lipinski definition) is 2. The van der Waals surface area contributed by atoms with E-state index in [1.807, 2.05) is 0 Å². The second-order valence-electron chi connectivity index (χ2n) is 4.85. The second kappa shape index (κ2) is 5.21. The van der Waals surface area contributed by atoms with E-state index in [0.29, 0.717) is 19.4 Å². The Morgan fingerprint density at radius 3 is 2.63 bits per heavy atom. The molecule has 3 nitrogen and oxygen atoms in total. The van der Waals surface area contributed by atoms with Gasteiger partial charge < -0.3 is 10.6 Å². The van der Waals surface area contributed by atoms with E-state index >= 15 is 0 Å². The average Bonchev–Trinajstić information content (AvgIpc) is 2.35. The van der Waals surface area contributed by atoms with Crippen LogP contribution in [-0.4, -0.2) is 29.4 Å². The summed E-state index contributed by atoms with van der Waals surface area (Å²) in [5, 5.41) is 0. The molecular weight excluding hydrogens is 257 g/mol. The van der Waals surface area contributed by atoms with E-state index in [1.54, 1.807) is 6.92 Å². The van der Waals surface area contributed by atoms with Crippen LogP contribution in [0.1, 0.15) is 30.1 Å². The predicted octanol–water partition coefficient (Wildman–Crippen LogP) is 2.06. The molecular formula is C13H15F3N2O. The van der Waals surface area contributed by atoms with E-state index in [-0.39, 0.29) is 12.1 Å². The number of nitrogens with zero attached hydrogens (tertiary/aromatic N) is 1. The van der Waals surface area contributed by atoms with Gasteiger partial charge in [0.25, 0.3) is 5.91 Å². The molecule has 0 spiro atoms. The molecule has 0 bridgehead atoms. The molecule has 1 heterocycles. The normalized spacial score (nSPS) is 23.5. The van der Waals surface area contributed by atoms with Crippen molar-refractivity contribution in [1.29, 1.82) is 0 Å². The van der Waals surface area contributed by atoms with Crippen LogP contribution in [0.25, 0.3) is 0 Å². The first-order valence-electron chi connectivity index (χ1n) is 6.12. The van der Waals surface area contributed by atoms with Crippen LogP contribution in [-0.2, 0) is 0 Å². The molecule has 0 saturated carbocycles. The van der Waals surface area contributed by atoms with E-state index in [2.05, 4.69) is 0 Å². The molecule has 1 saturated heterocycles. The predicted molar refractivity (Wildman–Crippen MR) is 64.0 cm³/mol. The third-order valence-electron chi connectivity index (χ3n) is 3.44.